The number of Topliss-reactive ketones (excluding diaryl/α,β-unsaturated/α-hetero) is 1. The predicted octanol–water partition coefficient (Wildman–Crippen LogP) is 4.51. The van der Waals surface area contributed by atoms with Crippen LogP contribution in [0.3, 0.4) is 0 Å². The van der Waals surface area contributed by atoms with E-state index in [0.717, 1.165) is 0 Å². The first-order chi connectivity index (χ1) is 12.9. The number of non-ortho nitro benzene ring substituents is 1. The highest BCUT2D eigenvalue weighted by atomic mass is 35.5. The molecule has 3 aromatic rings. The van der Waals surface area contributed by atoms with Gasteiger partial charge in [0.25, 0.3) is 17.4 Å². The van der Waals surface area contributed by atoms with Gasteiger partial charge in [-0.05, 0) is 42.5 Å². The molecule has 1 amide bonds. The van der Waals surface area contributed by atoms with Crippen LogP contribution in [0.25, 0.3) is 5.69 Å². The fourth-order valence-corrected chi connectivity index (χ4v) is 2.81. The summed E-state index contributed by atoms with van der Waals surface area (Å²) < 4.78 is 1.40. The molecule has 1 heterocycles. The number of nitrogens with one attached hydrogen (secondary N) is 1. The third-order valence-electron chi connectivity index (χ3n) is 3.69. The van der Waals surface area contributed by atoms with Crippen molar-refractivity contribution in [3.63, 3.8) is 0 Å². The van der Waals surface area contributed by atoms with Gasteiger partial charge < -0.3 is 9.88 Å². The van der Waals surface area contributed by atoms with Gasteiger partial charge in [0.2, 0.25) is 0 Å². The van der Waals surface area contributed by atoms with Crippen LogP contribution in [-0.2, 0) is 4.79 Å². The van der Waals surface area contributed by atoms with Crippen molar-refractivity contribution in [2.45, 2.75) is 0 Å². The minimum atomic E-state index is -0.838. The van der Waals surface area contributed by atoms with E-state index in [1.807, 2.05) is 0 Å². The first-order valence-electron chi connectivity index (χ1n) is 7.60. The van der Waals surface area contributed by atoms with E-state index >= 15 is 0 Å². The zero-order valence-corrected chi connectivity index (χ0v) is 15.1. The van der Waals surface area contributed by atoms with E-state index in [1.165, 1.54) is 35.0 Å². The number of rotatable bonds is 5. The van der Waals surface area contributed by atoms with E-state index in [0.29, 0.717) is 16.4 Å². The van der Waals surface area contributed by atoms with Crippen LogP contribution in [0.2, 0.25) is 10.0 Å². The molecular formula is C18H11Cl2N3O4. The largest absolute Gasteiger partial charge is 0.319 e. The number of hydrogen-bond acceptors (Lipinski definition) is 4. The number of hydrogen-bond donors (Lipinski definition) is 1. The minimum absolute atomic E-state index is 0.0669. The maximum Gasteiger partial charge on any atom is 0.298 e. The second-order valence-electron chi connectivity index (χ2n) is 5.45. The van der Waals surface area contributed by atoms with Gasteiger partial charge in [-0.2, -0.15) is 0 Å². The number of nitrogens with zero attached hydrogens (tertiary/aromatic N) is 2. The second-order valence-corrected chi connectivity index (χ2v) is 6.29. The Morgan fingerprint density at radius 3 is 2.37 bits per heavy atom. The summed E-state index contributed by atoms with van der Waals surface area (Å²) in [6.07, 6.45) is 1.54. The van der Waals surface area contributed by atoms with Crippen LogP contribution in [0.5, 0.6) is 0 Å². The number of aromatic nitrogens is 1. The average molecular weight is 404 g/mol. The summed E-state index contributed by atoms with van der Waals surface area (Å²) in [4.78, 5) is 35.1. The van der Waals surface area contributed by atoms with Gasteiger partial charge in [-0.1, -0.05) is 23.2 Å². The lowest BCUT2D eigenvalue weighted by atomic mass is 10.2. The van der Waals surface area contributed by atoms with Crippen molar-refractivity contribution in [3.05, 3.63) is 86.6 Å². The van der Waals surface area contributed by atoms with Gasteiger partial charge >= 0.3 is 0 Å². The molecule has 3 rings (SSSR count). The molecule has 0 unspecified atom stereocenters. The molecule has 0 radical (unpaired) electrons. The lowest BCUT2D eigenvalue weighted by Crippen LogP contribution is -2.24. The molecule has 9 heteroatoms. The number of amides is 1. The monoisotopic (exact) mass is 403 g/mol. The molecule has 0 saturated carbocycles. The number of nitro groups is 1. The van der Waals surface area contributed by atoms with Crippen LogP contribution >= 0.6 is 23.2 Å². The van der Waals surface area contributed by atoms with Crippen molar-refractivity contribution in [1.82, 2.24) is 4.57 Å². The number of halogens is 2. The van der Waals surface area contributed by atoms with E-state index in [4.69, 9.17) is 23.2 Å². The highest BCUT2D eigenvalue weighted by Crippen LogP contribution is 2.27. The van der Waals surface area contributed by atoms with Gasteiger partial charge in [0.15, 0.2) is 0 Å². The van der Waals surface area contributed by atoms with E-state index in [9.17, 15) is 19.7 Å². The Bertz CT molecular complexity index is 1050. The molecule has 1 N–H and O–H groups in total. The smallest absolute Gasteiger partial charge is 0.298 e. The Kier molecular flexibility index (Phi) is 5.25. The molecule has 27 heavy (non-hydrogen) atoms. The van der Waals surface area contributed by atoms with Gasteiger partial charge in [0.1, 0.15) is 0 Å². The molecule has 0 spiro atoms. The van der Waals surface area contributed by atoms with Crippen LogP contribution in [0.4, 0.5) is 11.4 Å². The van der Waals surface area contributed by atoms with Crippen LogP contribution in [0.1, 0.15) is 10.5 Å². The highest BCUT2D eigenvalue weighted by Gasteiger charge is 2.22. The molecule has 0 aliphatic carbocycles. The summed E-state index contributed by atoms with van der Waals surface area (Å²) in [7, 11) is 0. The van der Waals surface area contributed by atoms with Crippen molar-refractivity contribution in [3.8, 4) is 5.69 Å². The first kappa shape index (κ1) is 18.6. The first-order valence-corrected chi connectivity index (χ1v) is 8.35. The summed E-state index contributed by atoms with van der Waals surface area (Å²) in [5.74, 6) is -1.63. The Labute approximate surface area is 163 Å². The third kappa shape index (κ3) is 3.99. The summed E-state index contributed by atoms with van der Waals surface area (Å²) in [6.45, 7) is 0. The van der Waals surface area contributed by atoms with Gasteiger partial charge in [-0.25, -0.2) is 0 Å². The number of benzene rings is 2. The summed E-state index contributed by atoms with van der Waals surface area (Å²) >= 11 is 11.9. The molecule has 0 atom stereocenters. The number of carbonyl (C=O) groups is 2. The Hall–Kier alpha value is -3.16. The second kappa shape index (κ2) is 7.61. The molecule has 2 aromatic carbocycles. The SMILES string of the molecule is O=C(Nc1ccc(Cl)cc1)C(=O)c1cccn1-c1ccc([N+](=O)[O-])cc1Cl. The number of carbonyl (C=O) groups excluding carboxylic acids is 2. The van der Waals surface area contributed by atoms with Crippen molar-refractivity contribution >= 4 is 46.3 Å². The zero-order valence-electron chi connectivity index (χ0n) is 13.6. The molecule has 136 valence electrons. The summed E-state index contributed by atoms with van der Waals surface area (Å²) in [5.41, 5.74) is 0.653. The minimum Gasteiger partial charge on any atom is -0.319 e. The van der Waals surface area contributed by atoms with E-state index < -0.39 is 16.6 Å². The van der Waals surface area contributed by atoms with E-state index in [-0.39, 0.29) is 16.4 Å². The number of anilines is 1. The normalized spacial score (nSPS) is 10.4. The molecule has 0 bridgehead atoms. The van der Waals surface area contributed by atoms with Crippen LogP contribution < -0.4 is 5.32 Å². The maximum atomic E-state index is 12.5. The van der Waals surface area contributed by atoms with Crippen molar-refractivity contribution in [2.24, 2.45) is 0 Å². The highest BCUT2D eigenvalue weighted by molar-refractivity contribution is 6.46. The van der Waals surface area contributed by atoms with Gasteiger partial charge in [-0.3, -0.25) is 19.7 Å². The molecule has 0 aliphatic heterocycles. The summed E-state index contributed by atoms with van der Waals surface area (Å²) in [6, 6.07) is 13.2. The topological polar surface area (TPSA) is 94.2 Å². The molecule has 1 aromatic heterocycles. The average Bonchev–Trinajstić information content (AvgIpc) is 3.12. The van der Waals surface area contributed by atoms with Crippen molar-refractivity contribution in [1.29, 1.82) is 0 Å². The van der Waals surface area contributed by atoms with Crippen molar-refractivity contribution < 1.29 is 14.5 Å². The van der Waals surface area contributed by atoms with Crippen molar-refractivity contribution in [2.75, 3.05) is 5.32 Å². The van der Waals surface area contributed by atoms with E-state index in [2.05, 4.69) is 5.32 Å². The summed E-state index contributed by atoms with van der Waals surface area (Å²) in [5, 5.41) is 13.9. The fraction of sp³-hybridized carbons (Fsp3) is 0. The van der Waals surface area contributed by atoms with Crippen LogP contribution in [0, 0.1) is 10.1 Å². The lowest BCUT2D eigenvalue weighted by Gasteiger charge is -2.10. The maximum absolute atomic E-state index is 12.5. The number of ketones is 1. The third-order valence-corrected chi connectivity index (χ3v) is 4.25. The van der Waals surface area contributed by atoms with Gasteiger partial charge in [0.05, 0.1) is 21.3 Å². The number of nitro benzene ring substituents is 1. The molecule has 7 nitrogen and oxygen atoms in total. The van der Waals surface area contributed by atoms with Gasteiger partial charge in [-0.15, -0.1) is 0 Å². The Morgan fingerprint density at radius 2 is 1.74 bits per heavy atom. The molecular weight excluding hydrogens is 393 g/mol. The fourth-order valence-electron chi connectivity index (χ4n) is 2.42. The standard InChI is InChI=1S/C18H11Cl2N3O4/c19-11-3-5-12(6-4-11)21-18(25)17(24)16-2-1-9-22(16)15-8-7-13(23(26)27)10-14(15)20/h1-10H,(H,21,25). The van der Waals surface area contributed by atoms with Crippen LogP contribution in [0.15, 0.2) is 60.8 Å². The van der Waals surface area contributed by atoms with E-state index in [1.54, 1.807) is 30.3 Å². The molecule has 0 fully saturated rings. The lowest BCUT2D eigenvalue weighted by molar-refractivity contribution is -0.384. The Balaban J connectivity index is 1.88. The quantitative estimate of drug-likeness (QED) is 0.293. The zero-order chi connectivity index (χ0) is 19.6. The predicted molar refractivity (Wildman–Crippen MR) is 102 cm³/mol. The molecule has 0 aliphatic rings. The Morgan fingerprint density at radius 1 is 1.04 bits per heavy atom. The van der Waals surface area contributed by atoms with Crippen LogP contribution in [-0.4, -0.2) is 21.2 Å². The molecule has 0 saturated heterocycles. The van der Waals surface area contributed by atoms with Gasteiger partial charge in [0, 0.05) is 29.0 Å².